The number of hydrogen-bond acceptors (Lipinski definition) is 8. The Hall–Kier alpha value is -7.55. The molecule has 0 bridgehead atoms. The van der Waals surface area contributed by atoms with Crippen LogP contribution in [-0.4, -0.2) is 24.9 Å². The molecule has 12 rings (SSSR count). The third-order valence-electron chi connectivity index (χ3n) is 10.6. The van der Waals surface area contributed by atoms with Crippen molar-refractivity contribution < 1.29 is 8.83 Å². The van der Waals surface area contributed by atoms with Crippen LogP contribution < -0.4 is 0 Å². The first kappa shape index (κ1) is 31.8. The van der Waals surface area contributed by atoms with Crippen molar-refractivity contribution in [2.75, 3.05) is 0 Å². The highest BCUT2D eigenvalue weighted by Crippen LogP contribution is 2.43. The monoisotopic (exact) mass is 749 g/mol. The molecular weight excluding hydrogens is 723 g/mol. The minimum atomic E-state index is 0.558. The van der Waals surface area contributed by atoms with Crippen molar-refractivity contribution in [1.82, 2.24) is 24.9 Å². The van der Waals surface area contributed by atoms with Crippen LogP contribution >= 0.6 is 11.3 Å². The van der Waals surface area contributed by atoms with E-state index in [0.717, 1.165) is 71.6 Å². The van der Waals surface area contributed by atoms with Gasteiger partial charge in [-0.2, -0.15) is 0 Å². The zero-order chi connectivity index (χ0) is 37.5. The number of nitrogens with zero attached hydrogens (tertiary/aromatic N) is 5. The average Bonchev–Trinajstić information content (AvgIpc) is 3.97. The summed E-state index contributed by atoms with van der Waals surface area (Å²) in [4.78, 5) is 25.7. The Balaban J connectivity index is 1.10. The summed E-state index contributed by atoms with van der Waals surface area (Å²) < 4.78 is 15.4. The van der Waals surface area contributed by atoms with Crippen molar-refractivity contribution in [1.29, 1.82) is 0 Å². The molecular formula is C49H27N5O2S. The topological polar surface area (TPSA) is 90.7 Å². The van der Waals surface area contributed by atoms with E-state index < -0.39 is 0 Å². The van der Waals surface area contributed by atoms with E-state index >= 15 is 0 Å². The zero-order valence-corrected chi connectivity index (χ0v) is 30.9. The van der Waals surface area contributed by atoms with E-state index in [1.54, 1.807) is 11.3 Å². The number of fused-ring (bicyclic) bond motifs is 9. The molecule has 0 spiro atoms. The van der Waals surface area contributed by atoms with Crippen molar-refractivity contribution in [2.24, 2.45) is 0 Å². The van der Waals surface area contributed by atoms with Gasteiger partial charge in [0, 0.05) is 64.1 Å². The van der Waals surface area contributed by atoms with E-state index in [0.29, 0.717) is 34.6 Å². The average molecular weight is 750 g/mol. The predicted molar refractivity (Wildman–Crippen MR) is 230 cm³/mol. The van der Waals surface area contributed by atoms with Gasteiger partial charge in [-0.1, -0.05) is 115 Å². The molecule has 0 atom stereocenters. The summed E-state index contributed by atoms with van der Waals surface area (Å²) in [5, 5.41) is 5.09. The highest BCUT2D eigenvalue weighted by atomic mass is 32.1. The lowest BCUT2D eigenvalue weighted by Gasteiger charge is -2.10. The summed E-state index contributed by atoms with van der Waals surface area (Å²) in [6.45, 7) is 0. The quantitative estimate of drug-likeness (QED) is 0.173. The second-order valence-corrected chi connectivity index (χ2v) is 15.1. The maximum absolute atomic E-state index is 6.53. The Bertz CT molecular complexity index is 3540. The predicted octanol–water partition coefficient (Wildman–Crippen LogP) is 13.2. The molecule has 8 heteroatoms. The van der Waals surface area contributed by atoms with E-state index in [-0.39, 0.29) is 0 Å². The lowest BCUT2D eigenvalue weighted by molar-refractivity contribution is 0.666. The Morgan fingerprint density at radius 2 is 0.965 bits per heavy atom. The van der Waals surface area contributed by atoms with Crippen molar-refractivity contribution >= 4 is 75.5 Å². The lowest BCUT2D eigenvalue weighted by atomic mass is 10.0. The van der Waals surface area contributed by atoms with E-state index in [2.05, 4.69) is 54.6 Å². The molecule has 266 valence electrons. The largest absolute Gasteiger partial charge is 0.456 e. The summed E-state index contributed by atoms with van der Waals surface area (Å²) in [6, 6.07) is 55.2. The van der Waals surface area contributed by atoms with Crippen LogP contribution in [0.2, 0.25) is 0 Å². The van der Waals surface area contributed by atoms with Gasteiger partial charge >= 0.3 is 0 Å². The molecule has 5 aromatic heterocycles. The molecule has 0 radical (unpaired) electrons. The highest BCUT2D eigenvalue weighted by molar-refractivity contribution is 7.25. The minimum Gasteiger partial charge on any atom is -0.456 e. The van der Waals surface area contributed by atoms with Crippen LogP contribution in [0.15, 0.2) is 173 Å². The number of benzene rings is 7. The van der Waals surface area contributed by atoms with Gasteiger partial charge in [-0.3, -0.25) is 0 Å². The van der Waals surface area contributed by atoms with Crippen LogP contribution in [0, 0.1) is 0 Å². The first-order chi connectivity index (χ1) is 28.2. The fourth-order valence-corrected chi connectivity index (χ4v) is 9.09. The maximum atomic E-state index is 6.53. The van der Waals surface area contributed by atoms with E-state index in [1.165, 1.54) is 14.8 Å². The molecule has 0 aliphatic carbocycles. The molecule has 0 amide bonds. The van der Waals surface area contributed by atoms with Crippen molar-refractivity contribution in [3.63, 3.8) is 0 Å². The van der Waals surface area contributed by atoms with Crippen LogP contribution in [0.5, 0.6) is 0 Å². The summed E-state index contributed by atoms with van der Waals surface area (Å²) >= 11 is 1.78. The van der Waals surface area contributed by atoms with Gasteiger partial charge < -0.3 is 8.83 Å². The van der Waals surface area contributed by atoms with Gasteiger partial charge in [-0.25, -0.2) is 24.9 Å². The normalized spacial score (nSPS) is 11.9. The maximum Gasteiger partial charge on any atom is 0.180 e. The third-order valence-corrected chi connectivity index (χ3v) is 11.7. The number of thiophene rings is 1. The zero-order valence-electron chi connectivity index (χ0n) is 30.0. The van der Waals surface area contributed by atoms with Crippen LogP contribution in [0.4, 0.5) is 0 Å². The van der Waals surface area contributed by atoms with Gasteiger partial charge in [0.15, 0.2) is 28.9 Å². The molecule has 7 nitrogen and oxygen atoms in total. The number of furan rings is 2. The number of rotatable bonds is 5. The van der Waals surface area contributed by atoms with Crippen LogP contribution in [0.3, 0.4) is 0 Å². The first-order valence-corrected chi connectivity index (χ1v) is 19.5. The summed E-state index contributed by atoms with van der Waals surface area (Å²) in [5.74, 6) is 2.39. The van der Waals surface area contributed by atoms with Gasteiger partial charge in [-0.15, -0.1) is 11.3 Å². The molecule has 0 saturated heterocycles. The van der Waals surface area contributed by atoms with Crippen molar-refractivity contribution in [3.8, 4) is 56.8 Å². The molecule has 12 aromatic rings. The van der Waals surface area contributed by atoms with Crippen LogP contribution in [-0.2, 0) is 0 Å². The second-order valence-electron chi connectivity index (χ2n) is 14.0. The van der Waals surface area contributed by atoms with E-state index in [4.69, 9.17) is 33.8 Å². The fraction of sp³-hybridized carbons (Fsp3) is 0. The highest BCUT2D eigenvalue weighted by Gasteiger charge is 2.22. The van der Waals surface area contributed by atoms with Gasteiger partial charge in [-0.05, 0) is 48.5 Å². The molecule has 5 heterocycles. The number of hydrogen-bond donors (Lipinski definition) is 0. The SMILES string of the molecule is c1ccc(-c2nc(-c3cccc4oc5ccc(-c6nc(-c7ccccc7)nc7c6oc6ccccc67)cc5c34)nc(-c3cccc4sc5ccccc5c34)n2)cc1. The van der Waals surface area contributed by atoms with Crippen LogP contribution in [0.25, 0.3) is 121 Å². The van der Waals surface area contributed by atoms with E-state index in [1.807, 2.05) is 109 Å². The molecule has 0 unspecified atom stereocenters. The molecule has 0 N–H and O–H groups in total. The van der Waals surface area contributed by atoms with Crippen LogP contribution in [0.1, 0.15) is 0 Å². The first-order valence-electron chi connectivity index (χ1n) is 18.7. The molecule has 0 aliphatic rings. The van der Waals surface area contributed by atoms with Gasteiger partial charge in [0.05, 0.1) is 0 Å². The molecule has 0 aliphatic heterocycles. The molecule has 7 aromatic carbocycles. The number of para-hydroxylation sites is 1. The molecule has 57 heavy (non-hydrogen) atoms. The minimum absolute atomic E-state index is 0.558. The van der Waals surface area contributed by atoms with E-state index in [9.17, 15) is 0 Å². The molecule has 0 fully saturated rings. The standard InChI is InChI=1S/C49H27N5O2S/c1-3-13-28(14-4-1)46-50-43(45-44(51-46)31-17-7-9-21-36(31)56-45)30-25-26-37-35(27-30)41-33(19-11-22-38(41)55-37)48-52-47(29-15-5-2-6-16-29)53-49(54-48)34-20-12-24-40-42(34)32-18-8-10-23-39(32)57-40/h1-27H. The van der Waals surface area contributed by atoms with Crippen molar-refractivity contribution in [3.05, 3.63) is 164 Å². The third kappa shape index (κ3) is 5.08. The smallest absolute Gasteiger partial charge is 0.180 e. The summed E-state index contributed by atoms with van der Waals surface area (Å²) in [6.07, 6.45) is 0. The lowest BCUT2D eigenvalue weighted by Crippen LogP contribution is -2.00. The summed E-state index contributed by atoms with van der Waals surface area (Å²) in [5.41, 5.74) is 8.85. The second kappa shape index (κ2) is 12.5. The Morgan fingerprint density at radius 1 is 0.368 bits per heavy atom. The Labute approximate surface area is 328 Å². The molecule has 0 saturated carbocycles. The summed E-state index contributed by atoms with van der Waals surface area (Å²) in [7, 11) is 0. The van der Waals surface area contributed by atoms with Gasteiger partial charge in [0.2, 0.25) is 0 Å². The van der Waals surface area contributed by atoms with Crippen molar-refractivity contribution in [2.45, 2.75) is 0 Å². The number of aromatic nitrogens is 5. The van der Waals surface area contributed by atoms with Gasteiger partial charge in [0.25, 0.3) is 0 Å². The Kier molecular flexibility index (Phi) is 6.96. The Morgan fingerprint density at radius 3 is 1.75 bits per heavy atom. The fourth-order valence-electron chi connectivity index (χ4n) is 7.96. The van der Waals surface area contributed by atoms with Gasteiger partial charge in [0.1, 0.15) is 28.0 Å².